The molecule has 1 aromatic heterocycles. The normalized spacial score (nSPS) is 16.3. The summed E-state index contributed by atoms with van der Waals surface area (Å²) in [4.78, 5) is 42.0. The second-order valence-electron chi connectivity index (χ2n) is 6.97. The van der Waals surface area contributed by atoms with E-state index in [0.717, 1.165) is 29.8 Å². The van der Waals surface area contributed by atoms with Gasteiger partial charge < -0.3 is 10.6 Å². The molecule has 2 N–H and O–H groups in total. The Morgan fingerprint density at radius 1 is 1.25 bits per heavy atom. The molecule has 1 aromatic carbocycles. The van der Waals surface area contributed by atoms with Gasteiger partial charge in [0.05, 0.1) is 17.2 Å². The Hall–Kier alpha value is -2.85. The molecule has 1 saturated carbocycles. The van der Waals surface area contributed by atoms with E-state index in [0.29, 0.717) is 23.9 Å². The Morgan fingerprint density at radius 2 is 2.00 bits per heavy atom. The number of amides is 2. The van der Waals surface area contributed by atoms with Crippen molar-refractivity contribution in [3.63, 3.8) is 0 Å². The Kier molecular flexibility index (Phi) is 5.05. The van der Waals surface area contributed by atoms with Gasteiger partial charge in [-0.25, -0.2) is 4.98 Å². The minimum Gasteiger partial charge on any atom is -0.325 e. The third-order valence-corrected chi connectivity index (χ3v) is 5.72. The van der Waals surface area contributed by atoms with E-state index in [4.69, 9.17) is 0 Å². The lowest BCUT2D eigenvalue weighted by molar-refractivity contribution is -0.384. The molecular weight excluding hydrogens is 382 g/mol. The van der Waals surface area contributed by atoms with Gasteiger partial charge in [-0.15, -0.1) is 11.3 Å². The molecule has 0 bridgehead atoms. The van der Waals surface area contributed by atoms with Gasteiger partial charge in [-0.05, 0) is 25.0 Å². The molecule has 4 rings (SSSR count). The summed E-state index contributed by atoms with van der Waals surface area (Å²) in [5, 5.41) is 17.0. The van der Waals surface area contributed by atoms with Gasteiger partial charge in [-0.2, -0.15) is 0 Å². The first kappa shape index (κ1) is 18.5. The van der Waals surface area contributed by atoms with Crippen molar-refractivity contribution in [1.29, 1.82) is 0 Å². The number of nitro benzene ring substituents is 1. The molecule has 9 nitrogen and oxygen atoms in total. The zero-order chi connectivity index (χ0) is 19.7. The highest BCUT2D eigenvalue weighted by molar-refractivity contribution is 7.15. The number of aromatic nitrogens is 1. The molecule has 28 heavy (non-hydrogen) atoms. The fourth-order valence-corrected chi connectivity index (χ4v) is 4.11. The highest BCUT2D eigenvalue weighted by atomic mass is 32.1. The van der Waals surface area contributed by atoms with Crippen LogP contribution >= 0.6 is 11.3 Å². The molecule has 1 aliphatic carbocycles. The van der Waals surface area contributed by atoms with Crippen LogP contribution in [0.15, 0.2) is 24.3 Å². The van der Waals surface area contributed by atoms with Gasteiger partial charge in [0.15, 0.2) is 5.13 Å². The second kappa shape index (κ2) is 7.64. The Labute approximate surface area is 164 Å². The lowest BCUT2D eigenvalue weighted by atomic mass is 10.2. The summed E-state index contributed by atoms with van der Waals surface area (Å²) in [6.07, 6.45) is 2.64. The van der Waals surface area contributed by atoms with Crippen LogP contribution in [-0.2, 0) is 22.6 Å². The van der Waals surface area contributed by atoms with Crippen LogP contribution in [-0.4, -0.2) is 39.7 Å². The molecule has 10 heteroatoms. The maximum absolute atomic E-state index is 12.3. The molecule has 0 saturated heterocycles. The largest absolute Gasteiger partial charge is 0.325 e. The lowest BCUT2D eigenvalue weighted by Crippen LogP contribution is -2.36. The molecule has 0 atom stereocenters. The number of non-ortho nitro benzene ring substituents is 1. The molecule has 0 spiro atoms. The molecule has 2 amide bonds. The van der Waals surface area contributed by atoms with Crippen molar-refractivity contribution in [1.82, 2.24) is 9.88 Å². The first-order chi connectivity index (χ1) is 13.5. The monoisotopic (exact) mass is 401 g/mol. The van der Waals surface area contributed by atoms with Crippen molar-refractivity contribution >= 4 is 39.7 Å². The van der Waals surface area contributed by atoms with Crippen LogP contribution in [0.4, 0.5) is 16.5 Å². The topological polar surface area (TPSA) is 117 Å². The minimum atomic E-state index is -0.479. The third-order valence-electron chi connectivity index (χ3n) is 4.72. The highest BCUT2D eigenvalue weighted by Crippen LogP contribution is 2.33. The van der Waals surface area contributed by atoms with E-state index in [2.05, 4.69) is 15.6 Å². The first-order valence-electron chi connectivity index (χ1n) is 9.04. The fourth-order valence-electron chi connectivity index (χ4n) is 3.06. The molecular formula is C18H19N5O4S. The van der Waals surface area contributed by atoms with Crippen LogP contribution in [0.1, 0.15) is 23.4 Å². The standard InChI is InChI=1S/C18H19N5O4S/c24-16(19-12-3-5-13(6-4-12)23(26)27)10-22-8-7-14-15(9-22)28-18(20-14)21-17(25)11-1-2-11/h3-6,11H,1-2,7-10H2,(H,19,24)(H,20,21,25). The van der Waals surface area contributed by atoms with Crippen molar-refractivity contribution in [3.8, 4) is 0 Å². The summed E-state index contributed by atoms with van der Waals surface area (Å²) < 4.78 is 0. The Bertz CT molecular complexity index is 923. The number of rotatable bonds is 6. The average Bonchev–Trinajstić information content (AvgIpc) is 3.43. The van der Waals surface area contributed by atoms with Gasteiger partial charge in [-0.1, -0.05) is 0 Å². The fraction of sp³-hybridized carbons (Fsp3) is 0.389. The number of benzene rings is 1. The van der Waals surface area contributed by atoms with Gasteiger partial charge in [0.1, 0.15) is 0 Å². The zero-order valence-electron chi connectivity index (χ0n) is 15.0. The van der Waals surface area contributed by atoms with E-state index in [1.165, 1.54) is 35.6 Å². The Balaban J connectivity index is 1.31. The van der Waals surface area contributed by atoms with Gasteiger partial charge in [0.2, 0.25) is 11.8 Å². The summed E-state index contributed by atoms with van der Waals surface area (Å²) in [6, 6.07) is 5.75. The number of fused-ring (bicyclic) bond motifs is 1. The molecule has 1 aliphatic heterocycles. The van der Waals surface area contributed by atoms with E-state index in [-0.39, 0.29) is 30.0 Å². The summed E-state index contributed by atoms with van der Waals surface area (Å²) in [7, 11) is 0. The quantitative estimate of drug-likeness (QED) is 0.567. The summed E-state index contributed by atoms with van der Waals surface area (Å²) in [6.45, 7) is 1.54. The number of hydrogen-bond donors (Lipinski definition) is 2. The maximum atomic E-state index is 12.3. The van der Waals surface area contributed by atoms with Crippen LogP contribution in [0.5, 0.6) is 0 Å². The minimum absolute atomic E-state index is 0.0173. The third kappa shape index (κ3) is 4.34. The molecule has 2 aliphatic rings. The van der Waals surface area contributed by atoms with Crippen molar-refractivity contribution in [2.45, 2.75) is 25.8 Å². The predicted molar refractivity (Wildman–Crippen MR) is 104 cm³/mol. The number of nitrogens with one attached hydrogen (secondary N) is 2. The van der Waals surface area contributed by atoms with E-state index >= 15 is 0 Å². The number of carbonyl (C=O) groups excluding carboxylic acids is 2. The van der Waals surface area contributed by atoms with Crippen LogP contribution in [0.25, 0.3) is 0 Å². The smallest absolute Gasteiger partial charge is 0.269 e. The number of carbonyl (C=O) groups is 2. The van der Waals surface area contributed by atoms with Crippen LogP contribution < -0.4 is 10.6 Å². The molecule has 0 radical (unpaired) electrons. The van der Waals surface area contributed by atoms with Gasteiger partial charge in [0, 0.05) is 48.1 Å². The second-order valence-corrected chi connectivity index (χ2v) is 8.05. The van der Waals surface area contributed by atoms with Crippen molar-refractivity contribution in [2.24, 2.45) is 5.92 Å². The lowest BCUT2D eigenvalue weighted by Gasteiger charge is -2.25. The SMILES string of the molecule is O=C(CN1CCc2nc(NC(=O)C3CC3)sc2C1)Nc1ccc([N+](=O)[O-])cc1. The molecule has 1 fully saturated rings. The van der Waals surface area contributed by atoms with Crippen molar-refractivity contribution in [2.75, 3.05) is 23.7 Å². The summed E-state index contributed by atoms with van der Waals surface area (Å²) >= 11 is 1.47. The van der Waals surface area contributed by atoms with Crippen molar-refractivity contribution in [3.05, 3.63) is 45.0 Å². The summed E-state index contributed by atoms with van der Waals surface area (Å²) in [5.74, 6) is 0.00931. The van der Waals surface area contributed by atoms with Crippen molar-refractivity contribution < 1.29 is 14.5 Å². The summed E-state index contributed by atoms with van der Waals surface area (Å²) in [5.41, 5.74) is 1.50. The van der Waals surface area contributed by atoms with Crippen LogP contribution in [0, 0.1) is 16.0 Å². The van der Waals surface area contributed by atoms with E-state index < -0.39 is 4.92 Å². The van der Waals surface area contributed by atoms with Crippen LogP contribution in [0.2, 0.25) is 0 Å². The van der Waals surface area contributed by atoms with Crippen LogP contribution in [0.3, 0.4) is 0 Å². The average molecular weight is 401 g/mol. The number of anilines is 2. The number of nitrogens with zero attached hydrogens (tertiary/aromatic N) is 3. The maximum Gasteiger partial charge on any atom is 0.269 e. The van der Waals surface area contributed by atoms with Gasteiger partial charge in [0.25, 0.3) is 5.69 Å². The molecule has 2 heterocycles. The number of hydrogen-bond acceptors (Lipinski definition) is 7. The highest BCUT2D eigenvalue weighted by Gasteiger charge is 2.31. The predicted octanol–water partition coefficient (Wildman–Crippen LogP) is 2.40. The number of nitro groups is 1. The molecule has 2 aromatic rings. The molecule has 0 unspecified atom stereocenters. The first-order valence-corrected chi connectivity index (χ1v) is 9.85. The van der Waals surface area contributed by atoms with Gasteiger partial charge >= 0.3 is 0 Å². The van der Waals surface area contributed by atoms with Gasteiger partial charge in [-0.3, -0.25) is 24.6 Å². The van der Waals surface area contributed by atoms with E-state index in [1.54, 1.807) is 0 Å². The van der Waals surface area contributed by atoms with E-state index in [1.807, 2.05) is 4.90 Å². The van der Waals surface area contributed by atoms with E-state index in [9.17, 15) is 19.7 Å². The Morgan fingerprint density at radius 3 is 2.68 bits per heavy atom. The zero-order valence-corrected chi connectivity index (χ0v) is 15.8. The molecule has 146 valence electrons. The number of thiazole rings is 1.